The summed E-state index contributed by atoms with van der Waals surface area (Å²) in [4.78, 5) is 37.6. The Morgan fingerprint density at radius 2 is 1.97 bits per heavy atom. The third-order valence-electron chi connectivity index (χ3n) is 6.14. The maximum atomic E-state index is 12.1. The normalized spacial score (nSPS) is 19.7. The number of amides is 1. The van der Waals surface area contributed by atoms with Crippen LogP contribution in [0.5, 0.6) is 5.75 Å². The Morgan fingerprint density at radius 3 is 2.61 bits per heavy atom. The average Bonchev–Trinajstić information content (AvgIpc) is 2.93. The summed E-state index contributed by atoms with van der Waals surface area (Å²) in [6, 6.07) is 6.59. The summed E-state index contributed by atoms with van der Waals surface area (Å²) in [7, 11) is 2.14. The molecule has 8 nitrogen and oxygen atoms in total. The van der Waals surface area contributed by atoms with Crippen molar-refractivity contribution >= 4 is 31.5 Å². The van der Waals surface area contributed by atoms with Crippen molar-refractivity contribution in [1.82, 2.24) is 10.2 Å². The first-order valence-electron chi connectivity index (χ1n) is 11.3. The van der Waals surface area contributed by atoms with E-state index >= 15 is 0 Å². The first-order chi connectivity index (χ1) is 15.2. The van der Waals surface area contributed by atoms with Crippen LogP contribution < -0.4 is 10.1 Å². The van der Waals surface area contributed by atoms with Crippen molar-refractivity contribution < 1.29 is 29.0 Å². The molecule has 1 saturated heterocycles. The fraction of sp³-hybridized carbons (Fsp3) is 0.625. The maximum absolute atomic E-state index is 12.1. The highest BCUT2D eigenvalue weighted by Crippen LogP contribution is 2.37. The first-order valence-corrected chi connectivity index (χ1v) is 11.3. The van der Waals surface area contributed by atoms with Gasteiger partial charge in [-0.1, -0.05) is 39.3 Å². The minimum absolute atomic E-state index is 0. The summed E-state index contributed by atoms with van der Waals surface area (Å²) in [5.41, 5.74) is 1.16. The van der Waals surface area contributed by atoms with Gasteiger partial charge in [-0.05, 0) is 56.5 Å². The van der Waals surface area contributed by atoms with E-state index in [4.69, 9.17) is 14.6 Å². The lowest BCUT2D eigenvalue weighted by atomic mass is 9.74. The lowest BCUT2D eigenvalue weighted by Crippen LogP contribution is -2.44. The molecule has 2 N–H and O–H groups in total. The van der Waals surface area contributed by atoms with Crippen molar-refractivity contribution in [1.29, 1.82) is 0 Å². The van der Waals surface area contributed by atoms with Crippen LogP contribution in [-0.2, 0) is 19.7 Å². The van der Waals surface area contributed by atoms with Gasteiger partial charge in [0.05, 0.1) is 6.42 Å². The Hall–Kier alpha value is -2.26. The highest BCUT2D eigenvalue weighted by atomic mass is 32.1. The fourth-order valence-electron chi connectivity index (χ4n) is 4.25. The Labute approximate surface area is 203 Å². The van der Waals surface area contributed by atoms with Crippen LogP contribution >= 0.6 is 13.5 Å². The Morgan fingerprint density at radius 1 is 1.24 bits per heavy atom. The Balaban J connectivity index is 0.00000544. The number of ether oxygens (including phenoxy) is 2. The first kappa shape index (κ1) is 28.8. The molecule has 0 saturated carbocycles. The smallest absolute Gasteiger partial charge is 0.480 e. The second-order valence-corrected chi connectivity index (χ2v) is 8.93. The zero-order valence-corrected chi connectivity index (χ0v) is 21.1. The van der Waals surface area contributed by atoms with Crippen molar-refractivity contribution in [3.05, 3.63) is 29.8 Å². The predicted molar refractivity (Wildman–Crippen MR) is 131 cm³/mol. The summed E-state index contributed by atoms with van der Waals surface area (Å²) in [6.07, 6.45) is 3.39. The molecule has 0 radical (unpaired) electrons. The van der Waals surface area contributed by atoms with Crippen LogP contribution in [0.25, 0.3) is 0 Å². The largest absolute Gasteiger partial charge is 0.513 e. The molecule has 1 fully saturated rings. The van der Waals surface area contributed by atoms with Gasteiger partial charge in [0.1, 0.15) is 18.4 Å². The molecule has 2 unspecified atom stereocenters. The van der Waals surface area contributed by atoms with E-state index in [-0.39, 0.29) is 37.9 Å². The second-order valence-electron chi connectivity index (χ2n) is 8.93. The van der Waals surface area contributed by atoms with Gasteiger partial charge in [0.15, 0.2) is 0 Å². The third-order valence-corrected chi connectivity index (χ3v) is 6.14. The van der Waals surface area contributed by atoms with Gasteiger partial charge in [0, 0.05) is 12.0 Å². The molecule has 1 aliphatic heterocycles. The van der Waals surface area contributed by atoms with E-state index in [1.807, 2.05) is 12.1 Å². The molecule has 1 aliphatic rings. The SMILES string of the molecule is CCC1(c2cccc(OC(=O)OCCC(=O)NC(C(=O)O)C(C)C)c2)CCCCN(C)C1.S. The lowest BCUT2D eigenvalue weighted by molar-refractivity contribution is -0.143. The third kappa shape index (κ3) is 8.55. The minimum Gasteiger partial charge on any atom is -0.480 e. The highest BCUT2D eigenvalue weighted by molar-refractivity contribution is 7.59. The molecule has 186 valence electrons. The molecule has 0 aromatic heterocycles. The van der Waals surface area contributed by atoms with Crippen LogP contribution in [0.1, 0.15) is 58.4 Å². The summed E-state index contributed by atoms with van der Waals surface area (Å²) < 4.78 is 10.3. The van der Waals surface area contributed by atoms with Crippen LogP contribution in [-0.4, -0.2) is 60.8 Å². The zero-order chi connectivity index (χ0) is 23.7. The van der Waals surface area contributed by atoms with Crippen molar-refractivity contribution in [3.8, 4) is 5.75 Å². The molecular formula is C24H38N2O6S. The van der Waals surface area contributed by atoms with Gasteiger partial charge >= 0.3 is 12.1 Å². The molecule has 1 heterocycles. The van der Waals surface area contributed by atoms with E-state index in [2.05, 4.69) is 30.3 Å². The lowest BCUT2D eigenvalue weighted by Gasteiger charge is -2.35. The van der Waals surface area contributed by atoms with E-state index in [0.717, 1.165) is 37.9 Å². The molecule has 33 heavy (non-hydrogen) atoms. The number of benzene rings is 1. The van der Waals surface area contributed by atoms with Crippen molar-refractivity contribution in [3.63, 3.8) is 0 Å². The van der Waals surface area contributed by atoms with Gasteiger partial charge in [-0.25, -0.2) is 9.59 Å². The number of hydrogen-bond acceptors (Lipinski definition) is 6. The van der Waals surface area contributed by atoms with Crippen molar-refractivity contribution in [2.45, 2.75) is 64.3 Å². The molecule has 0 aliphatic carbocycles. The molecule has 9 heteroatoms. The average molecular weight is 483 g/mol. The van der Waals surface area contributed by atoms with Crippen LogP contribution in [0.2, 0.25) is 0 Å². The van der Waals surface area contributed by atoms with E-state index in [0.29, 0.717) is 5.75 Å². The summed E-state index contributed by atoms with van der Waals surface area (Å²) >= 11 is 0. The van der Waals surface area contributed by atoms with Crippen molar-refractivity contribution in [2.24, 2.45) is 5.92 Å². The summed E-state index contributed by atoms with van der Waals surface area (Å²) in [6.45, 7) is 7.45. The number of carbonyl (C=O) groups excluding carboxylic acids is 2. The van der Waals surface area contributed by atoms with Crippen LogP contribution in [0.3, 0.4) is 0 Å². The number of likely N-dealkylation sites (tertiary alicyclic amines) is 1. The van der Waals surface area contributed by atoms with Crippen molar-refractivity contribution in [2.75, 3.05) is 26.7 Å². The molecule has 2 rings (SSSR count). The van der Waals surface area contributed by atoms with Gasteiger partial charge in [0.25, 0.3) is 0 Å². The molecule has 1 amide bonds. The quantitative estimate of drug-likeness (QED) is 0.408. The van der Waals surface area contributed by atoms with E-state index in [1.54, 1.807) is 19.9 Å². The van der Waals surface area contributed by atoms with Crippen LogP contribution in [0.4, 0.5) is 4.79 Å². The van der Waals surface area contributed by atoms with Gasteiger partial charge < -0.3 is 24.8 Å². The number of nitrogens with one attached hydrogen (secondary N) is 1. The number of carboxylic acids is 1. The highest BCUT2D eigenvalue weighted by Gasteiger charge is 2.33. The number of carbonyl (C=O) groups is 3. The number of aliphatic carboxylic acids is 1. The number of nitrogens with zero attached hydrogens (tertiary/aromatic N) is 1. The standard InChI is InChI=1S/C24H36N2O6.H2S/c1-5-24(12-6-7-13-26(4)16-24)18-9-8-10-19(15-18)32-23(30)31-14-11-20(27)25-21(17(2)3)22(28)29;/h8-10,15,17,21H,5-7,11-14,16H2,1-4H3,(H,25,27)(H,28,29);1H2. The van der Waals surface area contributed by atoms with E-state index in [1.165, 1.54) is 6.42 Å². The monoisotopic (exact) mass is 482 g/mol. The van der Waals surface area contributed by atoms with E-state index < -0.39 is 24.1 Å². The minimum atomic E-state index is -1.10. The van der Waals surface area contributed by atoms with Crippen LogP contribution in [0.15, 0.2) is 24.3 Å². The second kappa shape index (κ2) is 13.4. The van der Waals surface area contributed by atoms with Gasteiger partial charge in [-0.15, -0.1) is 0 Å². The Kier molecular flexibility index (Phi) is 11.7. The molecule has 2 atom stereocenters. The summed E-state index contributed by atoms with van der Waals surface area (Å²) in [5, 5.41) is 11.6. The number of carboxylic acid groups (broad SMARTS) is 1. The van der Waals surface area contributed by atoms with Gasteiger partial charge in [0.2, 0.25) is 5.91 Å². The maximum Gasteiger partial charge on any atom is 0.513 e. The van der Waals surface area contributed by atoms with E-state index in [9.17, 15) is 14.4 Å². The zero-order valence-electron chi connectivity index (χ0n) is 20.1. The molecule has 0 bridgehead atoms. The van der Waals surface area contributed by atoms with Gasteiger partial charge in [-0.3, -0.25) is 4.79 Å². The van der Waals surface area contributed by atoms with Gasteiger partial charge in [-0.2, -0.15) is 13.5 Å². The molecular weight excluding hydrogens is 444 g/mol. The predicted octanol–water partition coefficient (Wildman–Crippen LogP) is 3.69. The number of hydrogen-bond donors (Lipinski definition) is 2. The molecule has 1 aromatic carbocycles. The Bertz CT molecular complexity index is 803. The molecule has 1 aromatic rings. The topological polar surface area (TPSA) is 105 Å². The number of likely N-dealkylation sites (N-methyl/N-ethyl adjacent to an activating group) is 1. The molecule has 0 spiro atoms. The van der Waals surface area contributed by atoms with Crippen LogP contribution in [0, 0.1) is 5.92 Å². The number of rotatable bonds is 9. The summed E-state index contributed by atoms with van der Waals surface area (Å²) in [5.74, 6) is -1.45. The fourth-order valence-corrected chi connectivity index (χ4v) is 4.25.